The van der Waals surface area contributed by atoms with Gasteiger partial charge in [0.1, 0.15) is 5.78 Å². The van der Waals surface area contributed by atoms with Gasteiger partial charge in [-0.25, -0.2) is 0 Å². The fourth-order valence-electron chi connectivity index (χ4n) is 2.74. The monoisotopic (exact) mass is 323 g/mol. The average molecular weight is 324 g/mol. The van der Waals surface area contributed by atoms with E-state index in [2.05, 4.69) is 35.1 Å². The van der Waals surface area contributed by atoms with E-state index in [0.717, 1.165) is 29.5 Å². The van der Waals surface area contributed by atoms with Crippen LogP contribution in [0.25, 0.3) is 0 Å². The Hall–Kier alpha value is -0.670. The molecule has 2 nitrogen and oxygen atoms in total. The molecule has 1 aliphatic heterocycles. The van der Waals surface area contributed by atoms with Gasteiger partial charge in [0, 0.05) is 16.3 Å². The number of ketones is 1. The van der Waals surface area contributed by atoms with Crippen LogP contribution in [0.4, 0.5) is 0 Å². The normalized spacial score (nSPS) is 20.3. The van der Waals surface area contributed by atoms with Crippen molar-refractivity contribution in [3.8, 4) is 0 Å². The summed E-state index contributed by atoms with van der Waals surface area (Å²) in [5.41, 5.74) is 0.840. The number of hydrogen-bond acceptors (Lipinski definition) is 2. The van der Waals surface area contributed by atoms with E-state index in [1.165, 1.54) is 6.42 Å². The van der Waals surface area contributed by atoms with Gasteiger partial charge in [0.2, 0.25) is 0 Å². The smallest absolute Gasteiger partial charge is 0.143 e. The largest absolute Gasteiger partial charge is 0.316 e. The molecule has 0 saturated carbocycles. The van der Waals surface area contributed by atoms with E-state index in [4.69, 9.17) is 0 Å². The highest BCUT2D eigenvalue weighted by molar-refractivity contribution is 9.10. The minimum Gasteiger partial charge on any atom is -0.316 e. The van der Waals surface area contributed by atoms with Crippen LogP contribution >= 0.6 is 15.9 Å². The summed E-state index contributed by atoms with van der Waals surface area (Å²) in [6, 6.07) is 7.99. The molecule has 3 heteroatoms. The van der Waals surface area contributed by atoms with Gasteiger partial charge < -0.3 is 5.32 Å². The number of halogens is 1. The summed E-state index contributed by atoms with van der Waals surface area (Å²) in [6.45, 7) is 6.26. The Kier molecular flexibility index (Phi) is 4.80. The molecule has 2 rings (SSSR count). The van der Waals surface area contributed by atoms with Gasteiger partial charge in [-0.05, 0) is 43.5 Å². The van der Waals surface area contributed by atoms with Gasteiger partial charge in [-0.3, -0.25) is 4.79 Å². The SMILES string of the molecule is CC(C)(C(=O)Cc1ccccc1Br)C1CCCNC1. The van der Waals surface area contributed by atoms with E-state index in [-0.39, 0.29) is 5.41 Å². The fraction of sp³-hybridized carbons (Fsp3) is 0.562. The van der Waals surface area contributed by atoms with E-state index < -0.39 is 0 Å². The van der Waals surface area contributed by atoms with E-state index >= 15 is 0 Å². The molecule has 1 saturated heterocycles. The first kappa shape index (κ1) is 14.7. The van der Waals surface area contributed by atoms with Crippen LogP contribution in [0.5, 0.6) is 0 Å². The Morgan fingerprint density at radius 2 is 2.16 bits per heavy atom. The van der Waals surface area contributed by atoms with Crippen molar-refractivity contribution in [3.05, 3.63) is 34.3 Å². The van der Waals surface area contributed by atoms with Crippen LogP contribution in [0, 0.1) is 11.3 Å². The number of Topliss-reactive ketones (excluding diaryl/α,β-unsaturated/α-hetero) is 1. The molecule has 104 valence electrons. The number of nitrogens with one attached hydrogen (secondary N) is 1. The quantitative estimate of drug-likeness (QED) is 0.917. The van der Waals surface area contributed by atoms with Gasteiger partial charge in [-0.2, -0.15) is 0 Å². The van der Waals surface area contributed by atoms with E-state index in [0.29, 0.717) is 18.1 Å². The minimum atomic E-state index is -0.247. The molecule has 1 heterocycles. The van der Waals surface area contributed by atoms with Crippen molar-refractivity contribution in [1.29, 1.82) is 0 Å². The lowest BCUT2D eigenvalue weighted by Crippen LogP contribution is -2.43. The molecular formula is C16H22BrNO. The molecule has 0 amide bonds. The number of carbonyl (C=O) groups excluding carboxylic acids is 1. The number of piperidine rings is 1. The molecule has 1 aromatic carbocycles. The number of carbonyl (C=O) groups is 1. The highest BCUT2D eigenvalue weighted by Crippen LogP contribution is 2.34. The highest BCUT2D eigenvalue weighted by Gasteiger charge is 2.36. The van der Waals surface area contributed by atoms with Gasteiger partial charge in [-0.15, -0.1) is 0 Å². The summed E-state index contributed by atoms with van der Waals surface area (Å²) < 4.78 is 1.03. The zero-order chi connectivity index (χ0) is 13.9. The van der Waals surface area contributed by atoms with Crippen LogP contribution in [-0.4, -0.2) is 18.9 Å². The number of rotatable bonds is 4. The predicted molar refractivity (Wildman–Crippen MR) is 82.2 cm³/mol. The molecule has 1 atom stereocenters. The van der Waals surface area contributed by atoms with Crippen molar-refractivity contribution >= 4 is 21.7 Å². The second kappa shape index (κ2) is 6.19. The summed E-state index contributed by atoms with van der Waals surface area (Å²) in [4.78, 5) is 12.6. The van der Waals surface area contributed by atoms with Gasteiger partial charge in [0.15, 0.2) is 0 Å². The van der Waals surface area contributed by atoms with Crippen LogP contribution in [0.15, 0.2) is 28.7 Å². The molecule has 1 fully saturated rings. The van der Waals surface area contributed by atoms with Crippen LogP contribution in [-0.2, 0) is 11.2 Å². The molecule has 0 radical (unpaired) electrons. The van der Waals surface area contributed by atoms with Gasteiger partial charge >= 0.3 is 0 Å². The van der Waals surface area contributed by atoms with Gasteiger partial charge in [-0.1, -0.05) is 48.0 Å². The van der Waals surface area contributed by atoms with Crippen molar-refractivity contribution < 1.29 is 4.79 Å². The average Bonchev–Trinajstić information content (AvgIpc) is 2.42. The second-order valence-corrected chi connectivity index (χ2v) is 6.81. The van der Waals surface area contributed by atoms with Crippen LogP contribution in [0.1, 0.15) is 32.3 Å². The zero-order valence-electron chi connectivity index (χ0n) is 11.7. The molecule has 1 N–H and O–H groups in total. The third-order valence-electron chi connectivity index (χ3n) is 4.35. The van der Waals surface area contributed by atoms with Crippen molar-refractivity contribution in [2.75, 3.05) is 13.1 Å². The molecule has 0 bridgehead atoms. The maximum absolute atomic E-state index is 12.6. The van der Waals surface area contributed by atoms with E-state index in [1.807, 2.05) is 24.3 Å². The standard InChI is InChI=1S/C16H22BrNO/c1-16(2,13-7-5-9-18-11-13)15(19)10-12-6-3-4-8-14(12)17/h3-4,6,8,13,18H,5,7,9-11H2,1-2H3. The van der Waals surface area contributed by atoms with Crippen LogP contribution < -0.4 is 5.32 Å². The summed E-state index contributed by atoms with van der Waals surface area (Å²) >= 11 is 3.52. The van der Waals surface area contributed by atoms with Crippen LogP contribution in [0.2, 0.25) is 0 Å². The lowest BCUT2D eigenvalue weighted by atomic mass is 9.71. The lowest BCUT2D eigenvalue weighted by molar-refractivity contribution is -0.129. The van der Waals surface area contributed by atoms with Crippen molar-refractivity contribution in [2.45, 2.75) is 33.1 Å². The Morgan fingerprint density at radius 3 is 2.79 bits per heavy atom. The molecule has 1 aromatic rings. The number of hydrogen-bond donors (Lipinski definition) is 1. The second-order valence-electron chi connectivity index (χ2n) is 5.96. The first-order valence-electron chi connectivity index (χ1n) is 6.99. The summed E-state index contributed by atoms with van der Waals surface area (Å²) in [7, 11) is 0. The first-order chi connectivity index (χ1) is 9.01. The molecule has 19 heavy (non-hydrogen) atoms. The summed E-state index contributed by atoms with van der Waals surface area (Å²) in [5.74, 6) is 0.796. The van der Waals surface area contributed by atoms with Gasteiger partial charge in [0.25, 0.3) is 0 Å². The van der Waals surface area contributed by atoms with Crippen molar-refractivity contribution in [2.24, 2.45) is 11.3 Å². The van der Waals surface area contributed by atoms with Gasteiger partial charge in [0.05, 0.1) is 0 Å². The highest BCUT2D eigenvalue weighted by atomic mass is 79.9. The molecule has 1 aliphatic rings. The van der Waals surface area contributed by atoms with Crippen molar-refractivity contribution in [1.82, 2.24) is 5.32 Å². The maximum Gasteiger partial charge on any atom is 0.143 e. The Labute approximate surface area is 124 Å². The van der Waals surface area contributed by atoms with E-state index in [1.54, 1.807) is 0 Å². The van der Waals surface area contributed by atoms with E-state index in [9.17, 15) is 4.79 Å². The third kappa shape index (κ3) is 3.46. The predicted octanol–water partition coefficient (Wildman–Crippen LogP) is 3.59. The van der Waals surface area contributed by atoms with Crippen molar-refractivity contribution in [3.63, 3.8) is 0 Å². The molecular weight excluding hydrogens is 302 g/mol. The molecule has 0 spiro atoms. The zero-order valence-corrected chi connectivity index (χ0v) is 13.3. The fourth-order valence-corrected chi connectivity index (χ4v) is 3.16. The number of benzene rings is 1. The Morgan fingerprint density at radius 1 is 1.42 bits per heavy atom. The van der Waals surface area contributed by atoms with Crippen LogP contribution in [0.3, 0.4) is 0 Å². The first-order valence-corrected chi connectivity index (χ1v) is 7.78. The lowest BCUT2D eigenvalue weighted by Gasteiger charge is -2.36. The Balaban J connectivity index is 2.08. The molecule has 0 aromatic heterocycles. The third-order valence-corrected chi connectivity index (χ3v) is 5.12. The summed E-state index contributed by atoms with van der Waals surface area (Å²) in [5, 5.41) is 3.41. The topological polar surface area (TPSA) is 29.1 Å². The Bertz CT molecular complexity index is 450. The minimum absolute atomic E-state index is 0.247. The maximum atomic E-state index is 12.6. The summed E-state index contributed by atoms with van der Waals surface area (Å²) in [6.07, 6.45) is 2.85. The molecule has 0 aliphatic carbocycles. The molecule has 1 unspecified atom stereocenters.